The van der Waals surface area contributed by atoms with E-state index in [1.807, 2.05) is 52.1 Å². The molecule has 65 heavy (non-hydrogen) atoms. The van der Waals surface area contributed by atoms with Gasteiger partial charge in [0.25, 0.3) is 0 Å². The molecule has 5 heterocycles. The second kappa shape index (κ2) is 17.2. The molecule has 3 aliphatic rings. The van der Waals surface area contributed by atoms with Gasteiger partial charge in [0.05, 0.1) is 35.3 Å². The summed E-state index contributed by atoms with van der Waals surface area (Å²) >= 11 is 3.41. The van der Waals surface area contributed by atoms with E-state index in [4.69, 9.17) is 11.3 Å². The van der Waals surface area contributed by atoms with E-state index < -0.39 is 0 Å². The normalized spacial score (nSPS) is 12.2. The molecule has 6 aromatic carbocycles. The van der Waals surface area contributed by atoms with E-state index in [0.717, 1.165) is 59.8 Å². The number of hydrogen-bond acceptors (Lipinski definition) is 4. The van der Waals surface area contributed by atoms with Crippen LogP contribution in [0, 0.1) is 0 Å². The van der Waals surface area contributed by atoms with Gasteiger partial charge in [0.15, 0.2) is 0 Å². The standard InChI is InChI=1S/C27H18N4.C19H13N.C9H7BrN2.B2H/c1-2-9-21-18(6-1)14-25-23(21)16-24-22-10-3-4-11-26(22)31(27(24)29-25)20-8-5-7-19(15-20)30-13-12-28-17-30;1-3-7-14-12(5-1)9-18-16(14)11-17-15-8-4-2-6-13(15)10-19(17)20-18;10-8-2-1-3-9(6-8)12-5-4-11-7-12;1-2/h1-13,15-17H,14H2;1-8,11H,9-10H2;1-7H;1H/i;;;1D. The van der Waals surface area contributed by atoms with Crippen LogP contribution in [0.1, 0.15) is 33.8 Å². The highest BCUT2D eigenvalue weighted by Gasteiger charge is 2.27. The Morgan fingerprint density at radius 3 is 1.55 bits per heavy atom. The molecular weight excluding hydrogens is 860 g/mol. The maximum Gasteiger partial charge on any atom is 0.145 e. The number of imidazole rings is 2. The number of halogens is 1. The summed E-state index contributed by atoms with van der Waals surface area (Å²) in [4.78, 5) is 18.4. The SMILES string of the molecule is Brc1cccc(-n2ccnc2)c1.[2H][B][B].c1cc(-n2ccnc2)cc(-n2c3ccccc3c3cc4c(nc32)Cc2ccccc2-4)c1.c1ccc2c(c1)Cc1nc3c(cc1-2)-c1ccccc1C3. The first kappa shape index (κ1) is 39.1. The highest BCUT2D eigenvalue weighted by molar-refractivity contribution is 9.10. The molecule has 0 atom stereocenters. The van der Waals surface area contributed by atoms with Crippen LogP contribution >= 0.6 is 15.9 Å². The van der Waals surface area contributed by atoms with Gasteiger partial charge in [-0.05, 0) is 89.3 Å². The van der Waals surface area contributed by atoms with Gasteiger partial charge in [0.1, 0.15) is 5.65 Å². The number of pyridine rings is 2. The molecule has 0 saturated carbocycles. The first-order valence-electron chi connectivity index (χ1n) is 22.1. The van der Waals surface area contributed by atoms with Gasteiger partial charge < -0.3 is 9.13 Å². The van der Waals surface area contributed by atoms with Crippen LogP contribution in [0.2, 0.25) is 0 Å². The third kappa shape index (κ3) is 7.39. The predicted molar refractivity (Wildman–Crippen MR) is 269 cm³/mol. The van der Waals surface area contributed by atoms with Gasteiger partial charge in [-0.3, -0.25) is 9.55 Å². The van der Waals surface area contributed by atoms with Crippen LogP contribution in [0.4, 0.5) is 0 Å². The zero-order valence-electron chi connectivity index (χ0n) is 36.3. The van der Waals surface area contributed by atoms with Crippen LogP contribution in [-0.4, -0.2) is 50.4 Å². The number of rotatable bonds is 3. The molecule has 11 aromatic rings. The van der Waals surface area contributed by atoms with Gasteiger partial charge in [-0.1, -0.05) is 119 Å². The van der Waals surface area contributed by atoms with Crippen molar-refractivity contribution >= 4 is 53.3 Å². The molecule has 0 unspecified atom stereocenters. The van der Waals surface area contributed by atoms with Crippen molar-refractivity contribution < 1.29 is 0 Å². The Morgan fingerprint density at radius 1 is 0.492 bits per heavy atom. The molecule has 0 N–H and O–H groups in total. The van der Waals surface area contributed by atoms with E-state index in [2.05, 4.69) is 172 Å². The molecule has 7 nitrogen and oxygen atoms in total. The minimum absolute atomic E-state index is 0.750. The second-order valence-electron chi connectivity index (χ2n) is 16.1. The summed E-state index contributed by atoms with van der Waals surface area (Å²) in [6.45, 7) is 0. The van der Waals surface area contributed by atoms with E-state index in [9.17, 15) is 0 Å². The van der Waals surface area contributed by atoms with Crippen molar-refractivity contribution in [2.75, 3.05) is 0 Å². The van der Waals surface area contributed by atoms with Crippen LogP contribution < -0.4 is 0 Å². The highest BCUT2D eigenvalue weighted by Crippen LogP contribution is 2.43. The van der Waals surface area contributed by atoms with Crippen molar-refractivity contribution in [3.63, 3.8) is 0 Å². The zero-order valence-corrected chi connectivity index (χ0v) is 36.8. The zero-order chi connectivity index (χ0) is 44.6. The summed E-state index contributed by atoms with van der Waals surface area (Å²) in [6, 6.07) is 55.9. The van der Waals surface area contributed by atoms with Crippen LogP contribution in [0.3, 0.4) is 0 Å². The van der Waals surface area contributed by atoms with E-state index >= 15 is 0 Å². The maximum atomic E-state index is 5.86. The third-order valence-electron chi connectivity index (χ3n) is 12.4. The molecule has 3 radical (unpaired) electrons. The number of nitrogens with zero attached hydrogens (tertiary/aromatic N) is 7. The fraction of sp³-hybridized carbons (Fsp3) is 0.0545. The topological polar surface area (TPSA) is 66.3 Å². The second-order valence-corrected chi connectivity index (χ2v) is 17.0. The molecule has 0 fully saturated rings. The lowest BCUT2D eigenvalue weighted by Crippen LogP contribution is -1.99. The van der Waals surface area contributed by atoms with Crippen molar-refractivity contribution in [2.24, 2.45) is 0 Å². The summed E-state index contributed by atoms with van der Waals surface area (Å²) in [5.74, 6) is 0. The monoisotopic (exact) mass is 899 g/mol. The van der Waals surface area contributed by atoms with Crippen LogP contribution in [0.5, 0.6) is 0 Å². The molecule has 0 spiro atoms. The molecule has 14 rings (SSSR count). The van der Waals surface area contributed by atoms with Gasteiger partial charge in [-0.15, -0.1) is 0 Å². The maximum absolute atomic E-state index is 5.86. The highest BCUT2D eigenvalue weighted by atomic mass is 79.9. The summed E-state index contributed by atoms with van der Waals surface area (Å²) in [5, 5.41) is 2.42. The number of hydrogen-bond donors (Lipinski definition) is 0. The predicted octanol–water partition coefficient (Wildman–Crippen LogP) is 11.8. The Balaban J connectivity index is 0.000000117. The molecule has 307 valence electrons. The lowest BCUT2D eigenvalue weighted by Gasteiger charge is -2.10. The number of benzene rings is 6. The Bertz CT molecular complexity index is 3480. The molecule has 5 aromatic heterocycles. The lowest BCUT2D eigenvalue weighted by molar-refractivity contribution is 1.04. The molecule has 3 aliphatic carbocycles. The minimum Gasteiger partial charge on any atom is -0.306 e. The first-order chi connectivity index (χ1) is 32.5. The summed E-state index contributed by atoms with van der Waals surface area (Å²) in [6.07, 6.45) is 13.9. The molecule has 10 heteroatoms. The van der Waals surface area contributed by atoms with Crippen LogP contribution in [0.15, 0.2) is 200 Å². The van der Waals surface area contributed by atoms with E-state index in [1.54, 1.807) is 18.7 Å². The van der Waals surface area contributed by atoms with Gasteiger partial charge in [0, 0.05) is 108 Å². The fourth-order valence-electron chi connectivity index (χ4n) is 9.49. The Kier molecular flexibility index (Phi) is 10.3. The summed E-state index contributed by atoms with van der Waals surface area (Å²) in [5.41, 5.74) is 21.3. The molecule has 0 bridgehead atoms. The summed E-state index contributed by atoms with van der Waals surface area (Å²) < 4.78 is 13.2. The van der Waals surface area contributed by atoms with Gasteiger partial charge in [-0.2, -0.15) is 0 Å². The smallest absolute Gasteiger partial charge is 0.145 e. The number of fused-ring (bicyclic) bond motifs is 12. The van der Waals surface area contributed by atoms with Crippen molar-refractivity contribution in [3.05, 3.63) is 233 Å². The number of aromatic nitrogens is 7. The van der Waals surface area contributed by atoms with Crippen LogP contribution in [-0.2, 0) is 19.3 Å². The number of para-hydroxylation sites is 1. The molecule has 0 aliphatic heterocycles. The Labute approximate surface area is 389 Å². The lowest BCUT2D eigenvalue weighted by atomic mass is 9.81. The van der Waals surface area contributed by atoms with Crippen molar-refractivity contribution in [1.29, 1.82) is 1.34 Å². The van der Waals surface area contributed by atoms with Gasteiger partial charge in [-0.25, -0.2) is 15.0 Å². The molecule has 0 amide bonds. The average Bonchev–Trinajstić information content (AvgIpc) is 4.23. The summed E-state index contributed by atoms with van der Waals surface area (Å²) in [7, 11) is 5.14. The Morgan fingerprint density at radius 2 is 0.985 bits per heavy atom. The minimum atomic E-state index is 0.750. The quantitative estimate of drug-likeness (QED) is 0.166. The van der Waals surface area contributed by atoms with Crippen molar-refractivity contribution in [3.8, 4) is 50.4 Å². The van der Waals surface area contributed by atoms with Gasteiger partial charge in [0.2, 0.25) is 0 Å². The van der Waals surface area contributed by atoms with Gasteiger partial charge >= 0.3 is 0 Å². The fourth-order valence-corrected chi connectivity index (χ4v) is 9.87. The van der Waals surface area contributed by atoms with E-state index in [-0.39, 0.29) is 0 Å². The third-order valence-corrected chi connectivity index (χ3v) is 12.9. The van der Waals surface area contributed by atoms with Crippen molar-refractivity contribution in [2.45, 2.75) is 19.3 Å². The Hall–Kier alpha value is -7.55. The van der Waals surface area contributed by atoms with E-state index in [1.165, 1.54) is 77.7 Å². The largest absolute Gasteiger partial charge is 0.306 e. The molecule has 0 saturated heterocycles. The van der Waals surface area contributed by atoms with Crippen molar-refractivity contribution in [1.82, 2.24) is 33.6 Å². The first-order valence-corrected chi connectivity index (χ1v) is 22.3. The average molecular weight is 901 g/mol. The van der Waals surface area contributed by atoms with E-state index in [0.29, 0.717) is 0 Å². The molecular formula is C55H39B2BrN7. The van der Waals surface area contributed by atoms with Crippen LogP contribution in [0.25, 0.3) is 72.4 Å².